The Bertz CT molecular complexity index is 467. The lowest BCUT2D eigenvalue weighted by Gasteiger charge is -2.37. The Kier molecular flexibility index (Phi) is 3.79. The zero-order chi connectivity index (χ0) is 14.0. The largest absolute Gasteiger partial charge is 0.349 e. The van der Waals surface area contributed by atoms with Gasteiger partial charge in [-0.25, -0.2) is 0 Å². The number of amides is 1. The molecule has 1 aromatic rings. The lowest BCUT2D eigenvalue weighted by molar-refractivity contribution is -0.127. The van der Waals surface area contributed by atoms with Crippen molar-refractivity contribution in [2.75, 3.05) is 6.54 Å². The SMILES string of the molecule is NCC1(NC(=O)C2Cc3ccccc3C2)CCCCC1. The molecule has 0 atom stereocenters. The van der Waals surface area contributed by atoms with Crippen molar-refractivity contribution >= 4 is 5.91 Å². The lowest BCUT2D eigenvalue weighted by atomic mass is 9.81. The Labute approximate surface area is 120 Å². The smallest absolute Gasteiger partial charge is 0.224 e. The summed E-state index contributed by atoms with van der Waals surface area (Å²) in [5.41, 5.74) is 8.48. The van der Waals surface area contributed by atoms with Gasteiger partial charge in [-0.2, -0.15) is 0 Å². The molecule has 1 fully saturated rings. The van der Waals surface area contributed by atoms with E-state index in [0.29, 0.717) is 6.54 Å². The molecule has 1 amide bonds. The second-order valence-corrected chi connectivity index (χ2v) is 6.41. The number of carbonyl (C=O) groups excluding carboxylic acids is 1. The number of fused-ring (bicyclic) bond motifs is 1. The Morgan fingerprint density at radius 2 is 1.75 bits per heavy atom. The van der Waals surface area contributed by atoms with Crippen LogP contribution in [0.25, 0.3) is 0 Å². The Morgan fingerprint density at radius 1 is 1.15 bits per heavy atom. The normalized spacial score (nSPS) is 21.4. The van der Waals surface area contributed by atoms with Gasteiger partial charge in [-0.3, -0.25) is 4.79 Å². The highest BCUT2D eigenvalue weighted by atomic mass is 16.2. The number of hydrogen-bond acceptors (Lipinski definition) is 2. The van der Waals surface area contributed by atoms with Gasteiger partial charge in [0.2, 0.25) is 5.91 Å². The van der Waals surface area contributed by atoms with E-state index in [4.69, 9.17) is 5.73 Å². The van der Waals surface area contributed by atoms with E-state index in [2.05, 4.69) is 29.6 Å². The Hall–Kier alpha value is -1.35. The van der Waals surface area contributed by atoms with Crippen LogP contribution in [0.3, 0.4) is 0 Å². The van der Waals surface area contributed by atoms with Crippen LogP contribution in [0.1, 0.15) is 43.2 Å². The van der Waals surface area contributed by atoms with E-state index in [1.54, 1.807) is 0 Å². The first-order chi connectivity index (χ1) is 9.72. The summed E-state index contributed by atoms with van der Waals surface area (Å²) >= 11 is 0. The van der Waals surface area contributed by atoms with Gasteiger partial charge in [-0.15, -0.1) is 0 Å². The second-order valence-electron chi connectivity index (χ2n) is 6.41. The van der Waals surface area contributed by atoms with Gasteiger partial charge >= 0.3 is 0 Å². The number of benzene rings is 1. The molecule has 0 spiro atoms. The first kappa shape index (κ1) is 13.6. The van der Waals surface area contributed by atoms with Crippen LogP contribution in [-0.4, -0.2) is 18.0 Å². The molecule has 2 aliphatic rings. The highest BCUT2D eigenvalue weighted by Crippen LogP contribution is 2.30. The van der Waals surface area contributed by atoms with Crippen LogP contribution in [0, 0.1) is 5.92 Å². The standard InChI is InChI=1S/C17H24N2O/c18-12-17(8-4-1-5-9-17)19-16(20)15-10-13-6-2-3-7-14(13)11-15/h2-3,6-7,15H,1,4-5,8-12,18H2,(H,19,20). The molecular formula is C17H24N2O. The van der Waals surface area contributed by atoms with Gasteiger partial charge in [0.1, 0.15) is 0 Å². The molecule has 0 saturated heterocycles. The highest BCUT2D eigenvalue weighted by molar-refractivity contribution is 5.81. The molecule has 0 bridgehead atoms. The minimum atomic E-state index is -0.135. The van der Waals surface area contributed by atoms with Crippen LogP contribution >= 0.6 is 0 Å². The highest BCUT2D eigenvalue weighted by Gasteiger charge is 2.35. The monoisotopic (exact) mass is 272 g/mol. The van der Waals surface area contributed by atoms with Gasteiger partial charge in [0.25, 0.3) is 0 Å². The minimum absolute atomic E-state index is 0.0951. The molecule has 3 heteroatoms. The summed E-state index contributed by atoms with van der Waals surface area (Å²) in [6.07, 6.45) is 7.46. The zero-order valence-electron chi connectivity index (χ0n) is 12.0. The number of nitrogens with one attached hydrogen (secondary N) is 1. The number of hydrogen-bond donors (Lipinski definition) is 2. The fraction of sp³-hybridized carbons (Fsp3) is 0.588. The maximum absolute atomic E-state index is 12.6. The quantitative estimate of drug-likeness (QED) is 0.886. The third-order valence-electron chi connectivity index (χ3n) is 5.01. The van der Waals surface area contributed by atoms with E-state index in [9.17, 15) is 4.79 Å². The van der Waals surface area contributed by atoms with Crippen molar-refractivity contribution in [3.05, 3.63) is 35.4 Å². The van der Waals surface area contributed by atoms with Gasteiger partial charge < -0.3 is 11.1 Å². The summed E-state index contributed by atoms with van der Waals surface area (Å²) in [7, 11) is 0. The maximum Gasteiger partial charge on any atom is 0.224 e. The number of carbonyl (C=O) groups is 1. The van der Waals surface area contributed by atoms with Gasteiger partial charge in [0.15, 0.2) is 0 Å². The van der Waals surface area contributed by atoms with Crippen molar-refractivity contribution in [2.24, 2.45) is 11.7 Å². The molecule has 0 unspecified atom stereocenters. The minimum Gasteiger partial charge on any atom is -0.349 e. The van der Waals surface area contributed by atoms with Crippen LogP contribution in [0.15, 0.2) is 24.3 Å². The first-order valence-corrected chi connectivity index (χ1v) is 7.81. The van der Waals surface area contributed by atoms with E-state index in [0.717, 1.165) is 25.7 Å². The summed E-state index contributed by atoms with van der Waals surface area (Å²) in [5, 5.41) is 3.29. The maximum atomic E-state index is 12.6. The van der Waals surface area contributed by atoms with Crippen LogP contribution in [0.2, 0.25) is 0 Å². The van der Waals surface area contributed by atoms with Gasteiger partial charge in [0.05, 0.1) is 5.54 Å². The summed E-state index contributed by atoms with van der Waals surface area (Å²) in [6, 6.07) is 8.40. The molecule has 0 aliphatic heterocycles. The van der Waals surface area contributed by atoms with Crippen molar-refractivity contribution in [3.63, 3.8) is 0 Å². The predicted octanol–water partition coefficient (Wildman–Crippen LogP) is 2.18. The molecule has 0 heterocycles. The summed E-state index contributed by atoms with van der Waals surface area (Å²) in [6.45, 7) is 0.568. The van der Waals surface area contributed by atoms with Gasteiger partial charge in [0, 0.05) is 12.5 Å². The molecule has 1 aromatic carbocycles. The van der Waals surface area contributed by atoms with Crippen molar-refractivity contribution in [1.82, 2.24) is 5.32 Å². The average molecular weight is 272 g/mol. The lowest BCUT2D eigenvalue weighted by Crippen LogP contribution is -2.56. The van der Waals surface area contributed by atoms with E-state index in [-0.39, 0.29) is 17.4 Å². The van der Waals surface area contributed by atoms with Gasteiger partial charge in [-0.1, -0.05) is 43.5 Å². The van der Waals surface area contributed by atoms with Crippen LogP contribution < -0.4 is 11.1 Å². The third-order valence-corrected chi connectivity index (χ3v) is 5.01. The topological polar surface area (TPSA) is 55.1 Å². The fourth-order valence-electron chi connectivity index (χ4n) is 3.72. The fourth-order valence-corrected chi connectivity index (χ4v) is 3.72. The van der Waals surface area contributed by atoms with Crippen molar-refractivity contribution < 1.29 is 4.79 Å². The first-order valence-electron chi connectivity index (χ1n) is 7.81. The summed E-state index contributed by atoms with van der Waals surface area (Å²) in [4.78, 5) is 12.6. The van der Waals surface area contributed by atoms with Gasteiger partial charge in [-0.05, 0) is 36.8 Å². The van der Waals surface area contributed by atoms with Crippen molar-refractivity contribution in [3.8, 4) is 0 Å². The van der Waals surface area contributed by atoms with E-state index in [1.165, 1.54) is 30.4 Å². The number of rotatable bonds is 3. The molecule has 1 saturated carbocycles. The molecule has 0 radical (unpaired) electrons. The molecule has 0 aromatic heterocycles. The molecular weight excluding hydrogens is 248 g/mol. The molecule has 20 heavy (non-hydrogen) atoms. The Morgan fingerprint density at radius 3 is 2.30 bits per heavy atom. The van der Waals surface area contributed by atoms with Crippen LogP contribution in [-0.2, 0) is 17.6 Å². The predicted molar refractivity (Wildman–Crippen MR) is 80.4 cm³/mol. The van der Waals surface area contributed by atoms with E-state index < -0.39 is 0 Å². The van der Waals surface area contributed by atoms with Crippen molar-refractivity contribution in [2.45, 2.75) is 50.5 Å². The van der Waals surface area contributed by atoms with Crippen LogP contribution in [0.5, 0.6) is 0 Å². The summed E-state index contributed by atoms with van der Waals surface area (Å²) < 4.78 is 0. The third kappa shape index (κ3) is 2.59. The molecule has 2 aliphatic carbocycles. The van der Waals surface area contributed by atoms with Crippen molar-refractivity contribution in [1.29, 1.82) is 0 Å². The summed E-state index contributed by atoms with van der Waals surface area (Å²) in [5.74, 6) is 0.298. The molecule has 108 valence electrons. The average Bonchev–Trinajstić information content (AvgIpc) is 2.92. The zero-order valence-corrected chi connectivity index (χ0v) is 12.0. The number of nitrogens with two attached hydrogens (primary N) is 1. The van der Waals surface area contributed by atoms with Crippen LogP contribution in [0.4, 0.5) is 0 Å². The molecule has 3 rings (SSSR count). The van der Waals surface area contributed by atoms with E-state index in [1.807, 2.05) is 0 Å². The Balaban J connectivity index is 1.66. The molecule has 3 nitrogen and oxygen atoms in total. The second kappa shape index (κ2) is 5.57. The van der Waals surface area contributed by atoms with E-state index >= 15 is 0 Å². The molecule has 3 N–H and O–H groups in total.